The molecule has 2 atom stereocenters. The number of hydrogen-bond donors (Lipinski definition) is 1. The zero-order valence-corrected chi connectivity index (χ0v) is 14.6. The van der Waals surface area contributed by atoms with Crippen molar-refractivity contribution in [1.82, 2.24) is 4.90 Å². The zero-order chi connectivity index (χ0) is 18.1. The number of benzene rings is 2. The highest BCUT2D eigenvalue weighted by Gasteiger charge is 2.34. The molecule has 0 spiro atoms. The molecule has 1 fully saturated rings. The molecule has 26 heavy (non-hydrogen) atoms. The molecule has 2 unspecified atom stereocenters. The molecule has 2 aliphatic heterocycles. The standard InChI is InChI=1S/C22H22FNO2/c23-21-10-9-16(13-20(21)22(25)26)17-11-18-7-4-8-19(12-17)24(18)14-15-5-2-1-3-6-15/h1-3,5-6,9-11,13,18-19H,4,7-8,12,14H2,(H,25,26). The average molecular weight is 351 g/mol. The number of fused-ring (bicyclic) bond motifs is 2. The van der Waals surface area contributed by atoms with Crippen LogP contribution in [0.5, 0.6) is 0 Å². The molecule has 2 bridgehead atoms. The minimum atomic E-state index is -1.22. The maximum Gasteiger partial charge on any atom is 0.338 e. The molecule has 2 heterocycles. The van der Waals surface area contributed by atoms with Crippen LogP contribution in [-0.4, -0.2) is 28.1 Å². The van der Waals surface area contributed by atoms with Crippen LogP contribution in [0.4, 0.5) is 4.39 Å². The summed E-state index contributed by atoms with van der Waals surface area (Å²) in [6.45, 7) is 0.934. The van der Waals surface area contributed by atoms with Gasteiger partial charge in [-0.2, -0.15) is 0 Å². The van der Waals surface area contributed by atoms with Gasteiger partial charge in [0.15, 0.2) is 0 Å². The van der Waals surface area contributed by atoms with Crippen molar-refractivity contribution in [2.45, 2.75) is 44.3 Å². The number of carbonyl (C=O) groups is 1. The Labute approximate surface area is 152 Å². The second-order valence-corrected chi connectivity index (χ2v) is 7.21. The van der Waals surface area contributed by atoms with Crippen LogP contribution >= 0.6 is 0 Å². The van der Waals surface area contributed by atoms with Crippen molar-refractivity contribution >= 4 is 11.5 Å². The second-order valence-electron chi connectivity index (χ2n) is 7.21. The highest BCUT2D eigenvalue weighted by atomic mass is 19.1. The van der Waals surface area contributed by atoms with Gasteiger partial charge in [0.05, 0.1) is 5.56 Å². The molecule has 4 heteroatoms. The lowest BCUT2D eigenvalue weighted by molar-refractivity contribution is 0.0692. The monoisotopic (exact) mass is 351 g/mol. The molecule has 0 radical (unpaired) electrons. The number of aromatic carboxylic acids is 1. The number of piperidine rings is 1. The molecule has 1 N–H and O–H groups in total. The second kappa shape index (κ2) is 7.04. The predicted molar refractivity (Wildman–Crippen MR) is 99.4 cm³/mol. The van der Waals surface area contributed by atoms with E-state index < -0.39 is 11.8 Å². The van der Waals surface area contributed by atoms with E-state index in [1.165, 1.54) is 24.1 Å². The first-order chi connectivity index (χ1) is 12.6. The van der Waals surface area contributed by atoms with Crippen LogP contribution in [0.25, 0.3) is 5.57 Å². The molecule has 0 aliphatic carbocycles. The largest absolute Gasteiger partial charge is 0.478 e. The van der Waals surface area contributed by atoms with Crippen LogP contribution in [0, 0.1) is 5.82 Å². The minimum absolute atomic E-state index is 0.250. The van der Waals surface area contributed by atoms with Gasteiger partial charge in [-0.3, -0.25) is 4.90 Å². The first kappa shape index (κ1) is 17.0. The van der Waals surface area contributed by atoms with E-state index in [0.717, 1.165) is 36.9 Å². The molecule has 134 valence electrons. The SMILES string of the molecule is O=C(O)c1cc(C2=CC3CCCC(C2)N3Cc2ccccc2)ccc1F. The summed E-state index contributed by atoms with van der Waals surface area (Å²) >= 11 is 0. The summed E-state index contributed by atoms with van der Waals surface area (Å²) in [5, 5.41) is 9.19. The molecular weight excluding hydrogens is 329 g/mol. The number of halogens is 1. The Morgan fingerprint density at radius 3 is 2.69 bits per heavy atom. The third-order valence-electron chi connectivity index (χ3n) is 5.56. The molecule has 0 saturated carbocycles. The van der Waals surface area contributed by atoms with Gasteiger partial charge in [0.1, 0.15) is 5.82 Å². The third kappa shape index (κ3) is 3.29. The molecule has 0 amide bonds. The van der Waals surface area contributed by atoms with E-state index in [1.54, 1.807) is 6.07 Å². The lowest BCUT2D eigenvalue weighted by Gasteiger charge is -2.45. The van der Waals surface area contributed by atoms with E-state index in [4.69, 9.17) is 0 Å². The Morgan fingerprint density at radius 1 is 1.15 bits per heavy atom. The van der Waals surface area contributed by atoms with E-state index >= 15 is 0 Å². The fourth-order valence-electron chi connectivity index (χ4n) is 4.26. The van der Waals surface area contributed by atoms with Crippen molar-refractivity contribution in [3.8, 4) is 0 Å². The molecular formula is C22H22FNO2. The number of carboxylic acid groups (broad SMARTS) is 1. The minimum Gasteiger partial charge on any atom is -0.478 e. The molecule has 0 aromatic heterocycles. The van der Waals surface area contributed by atoms with Crippen molar-refractivity contribution < 1.29 is 14.3 Å². The van der Waals surface area contributed by atoms with E-state index in [1.807, 2.05) is 6.07 Å². The Bertz CT molecular complexity index is 846. The van der Waals surface area contributed by atoms with Crippen LogP contribution in [0.3, 0.4) is 0 Å². The Kier molecular flexibility index (Phi) is 4.60. The molecule has 2 aliphatic rings. The summed E-state index contributed by atoms with van der Waals surface area (Å²) in [5.41, 5.74) is 3.04. The summed E-state index contributed by atoms with van der Waals surface area (Å²) in [7, 11) is 0. The predicted octanol–water partition coefficient (Wildman–Crippen LogP) is 4.73. The highest BCUT2D eigenvalue weighted by Crippen LogP contribution is 2.38. The smallest absolute Gasteiger partial charge is 0.338 e. The highest BCUT2D eigenvalue weighted by molar-refractivity contribution is 5.89. The number of carboxylic acids is 1. The van der Waals surface area contributed by atoms with Crippen molar-refractivity contribution in [3.63, 3.8) is 0 Å². The van der Waals surface area contributed by atoms with Crippen LogP contribution in [-0.2, 0) is 6.54 Å². The summed E-state index contributed by atoms with van der Waals surface area (Å²) in [6.07, 6.45) is 6.62. The van der Waals surface area contributed by atoms with Gasteiger partial charge in [-0.05, 0) is 48.1 Å². The maximum atomic E-state index is 13.7. The van der Waals surface area contributed by atoms with Crippen LogP contribution in [0.1, 0.15) is 47.2 Å². The van der Waals surface area contributed by atoms with Gasteiger partial charge in [-0.25, -0.2) is 9.18 Å². The van der Waals surface area contributed by atoms with Gasteiger partial charge in [0.2, 0.25) is 0 Å². The fraction of sp³-hybridized carbons (Fsp3) is 0.318. The summed E-state index contributed by atoms with van der Waals surface area (Å²) in [5.74, 6) is -1.89. The van der Waals surface area contributed by atoms with Gasteiger partial charge >= 0.3 is 5.97 Å². The van der Waals surface area contributed by atoms with Crippen LogP contribution in [0.2, 0.25) is 0 Å². The summed E-state index contributed by atoms with van der Waals surface area (Å²) in [4.78, 5) is 13.8. The lowest BCUT2D eigenvalue weighted by Crippen LogP contribution is -2.47. The summed E-state index contributed by atoms with van der Waals surface area (Å²) < 4.78 is 13.7. The summed E-state index contributed by atoms with van der Waals surface area (Å²) in [6, 6.07) is 15.8. The quantitative estimate of drug-likeness (QED) is 0.865. The fourth-order valence-corrected chi connectivity index (χ4v) is 4.26. The molecule has 2 aromatic carbocycles. The van der Waals surface area contributed by atoms with Crippen molar-refractivity contribution in [2.24, 2.45) is 0 Å². The van der Waals surface area contributed by atoms with E-state index in [0.29, 0.717) is 12.1 Å². The van der Waals surface area contributed by atoms with Crippen LogP contribution < -0.4 is 0 Å². The van der Waals surface area contributed by atoms with Gasteiger partial charge in [-0.1, -0.05) is 48.9 Å². The first-order valence-corrected chi connectivity index (χ1v) is 9.15. The third-order valence-corrected chi connectivity index (χ3v) is 5.56. The molecule has 4 rings (SSSR count). The van der Waals surface area contributed by atoms with Crippen molar-refractivity contribution in [2.75, 3.05) is 0 Å². The zero-order valence-electron chi connectivity index (χ0n) is 14.6. The van der Waals surface area contributed by atoms with Gasteiger partial charge in [-0.15, -0.1) is 0 Å². The number of nitrogens with zero attached hydrogens (tertiary/aromatic N) is 1. The Balaban J connectivity index is 1.62. The molecule has 3 nitrogen and oxygen atoms in total. The average Bonchev–Trinajstić information content (AvgIpc) is 2.62. The van der Waals surface area contributed by atoms with Gasteiger partial charge in [0.25, 0.3) is 0 Å². The van der Waals surface area contributed by atoms with Crippen LogP contribution in [0.15, 0.2) is 54.6 Å². The topological polar surface area (TPSA) is 40.5 Å². The number of rotatable bonds is 4. The van der Waals surface area contributed by atoms with E-state index in [9.17, 15) is 14.3 Å². The van der Waals surface area contributed by atoms with Gasteiger partial charge in [0, 0.05) is 18.6 Å². The normalized spacial score (nSPS) is 22.7. The molecule has 1 saturated heterocycles. The molecule has 2 aromatic rings. The Morgan fingerprint density at radius 2 is 1.96 bits per heavy atom. The van der Waals surface area contributed by atoms with E-state index in [2.05, 4.69) is 35.2 Å². The van der Waals surface area contributed by atoms with Crippen molar-refractivity contribution in [3.05, 3.63) is 77.1 Å². The Hall–Kier alpha value is -2.46. The lowest BCUT2D eigenvalue weighted by atomic mass is 9.82. The van der Waals surface area contributed by atoms with E-state index in [-0.39, 0.29) is 5.56 Å². The first-order valence-electron chi connectivity index (χ1n) is 9.15. The van der Waals surface area contributed by atoms with Crippen molar-refractivity contribution in [1.29, 1.82) is 0 Å². The van der Waals surface area contributed by atoms with Gasteiger partial charge < -0.3 is 5.11 Å². The maximum absolute atomic E-state index is 13.7. The number of hydrogen-bond acceptors (Lipinski definition) is 2.